The Morgan fingerprint density at radius 2 is 1.66 bits per heavy atom. The number of para-hydroxylation sites is 1. The van der Waals surface area contributed by atoms with E-state index < -0.39 is 6.10 Å². The van der Waals surface area contributed by atoms with E-state index in [2.05, 4.69) is 87.2 Å². The molecular formula is C47H59N5O7. The van der Waals surface area contributed by atoms with E-state index in [1.54, 1.807) is 24.1 Å². The second kappa shape index (κ2) is 23.2. The van der Waals surface area contributed by atoms with Crippen LogP contribution in [-0.4, -0.2) is 103 Å². The van der Waals surface area contributed by atoms with Gasteiger partial charge in [-0.1, -0.05) is 85.3 Å². The molecule has 4 aromatic carbocycles. The molecular weight excluding hydrogens is 747 g/mol. The summed E-state index contributed by atoms with van der Waals surface area (Å²) in [6.07, 6.45) is 4.55. The van der Waals surface area contributed by atoms with E-state index in [0.717, 1.165) is 24.8 Å². The maximum atomic E-state index is 12.5. The van der Waals surface area contributed by atoms with Crippen molar-refractivity contribution in [1.82, 2.24) is 20.1 Å². The van der Waals surface area contributed by atoms with Gasteiger partial charge in [0.1, 0.15) is 5.75 Å². The molecule has 1 saturated heterocycles. The first-order valence-corrected chi connectivity index (χ1v) is 20.5. The van der Waals surface area contributed by atoms with E-state index in [-0.39, 0.29) is 30.2 Å². The third kappa shape index (κ3) is 13.2. The molecule has 0 radical (unpaired) electrons. The molecule has 1 aliphatic heterocycles. The molecule has 12 heteroatoms. The van der Waals surface area contributed by atoms with Gasteiger partial charge in [-0.25, -0.2) is 0 Å². The largest absolute Gasteiger partial charge is 0.506 e. The molecule has 59 heavy (non-hydrogen) atoms. The zero-order valence-electron chi connectivity index (χ0n) is 34.2. The Morgan fingerprint density at radius 1 is 0.949 bits per heavy atom. The minimum atomic E-state index is -0.839. The molecule has 1 amide bonds. The molecule has 7 rings (SSSR count). The van der Waals surface area contributed by atoms with Crippen molar-refractivity contribution in [3.8, 4) is 16.9 Å². The van der Waals surface area contributed by atoms with Crippen molar-refractivity contribution < 1.29 is 29.6 Å². The molecule has 2 heterocycles. The Morgan fingerprint density at radius 3 is 2.41 bits per heavy atom. The van der Waals surface area contributed by atoms with Crippen LogP contribution in [-0.2, 0) is 27.3 Å². The zero-order valence-corrected chi connectivity index (χ0v) is 34.2. The van der Waals surface area contributed by atoms with Crippen LogP contribution in [0.15, 0.2) is 108 Å². The number of hydrogen-bond acceptors (Lipinski definition) is 9. The number of H-pyrrole nitrogens is 1. The first-order chi connectivity index (χ1) is 28.7. The fourth-order valence-corrected chi connectivity index (χ4v) is 8.09. The quantitative estimate of drug-likeness (QED) is 0.0493. The number of fused-ring (bicyclic) bond motifs is 2. The number of aromatic nitrogens is 1. The number of benzene rings is 4. The summed E-state index contributed by atoms with van der Waals surface area (Å²) in [5, 5.41) is 34.6. The van der Waals surface area contributed by atoms with Crippen molar-refractivity contribution in [2.24, 2.45) is 11.8 Å². The lowest BCUT2D eigenvalue weighted by Crippen LogP contribution is -2.35. The van der Waals surface area contributed by atoms with Crippen molar-refractivity contribution in [3.05, 3.63) is 130 Å². The molecule has 12 nitrogen and oxygen atoms in total. The minimum Gasteiger partial charge on any atom is -0.506 e. The van der Waals surface area contributed by atoms with Gasteiger partial charge in [0.25, 0.3) is 6.47 Å². The average molecular weight is 806 g/mol. The van der Waals surface area contributed by atoms with Crippen LogP contribution in [0.5, 0.6) is 5.75 Å². The fourth-order valence-electron chi connectivity index (χ4n) is 8.09. The summed E-state index contributed by atoms with van der Waals surface area (Å²) in [5.74, 6) is 1.81. The van der Waals surface area contributed by atoms with Crippen molar-refractivity contribution in [1.29, 1.82) is 0 Å². The highest BCUT2D eigenvalue weighted by Gasteiger charge is 2.35. The van der Waals surface area contributed by atoms with Gasteiger partial charge in [-0.05, 0) is 71.6 Å². The van der Waals surface area contributed by atoms with Crippen LogP contribution in [0.25, 0.3) is 22.0 Å². The monoisotopic (exact) mass is 805 g/mol. The molecule has 1 aliphatic carbocycles. The predicted octanol–water partition coefficient (Wildman–Crippen LogP) is 6.29. The smallest absolute Gasteiger partial charge is 0.290 e. The van der Waals surface area contributed by atoms with E-state index >= 15 is 0 Å². The number of anilines is 1. The number of aliphatic hydroxyl groups excluding tert-OH is 1. The molecule has 1 aromatic heterocycles. The summed E-state index contributed by atoms with van der Waals surface area (Å²) in [6.45, 7) is 5.55. The summed E-state index contributed by atoms with van der Waals surface area (Å²) >= 11 is 0. The maximum absolute atomic E-state index is 12.5. The molecule has 5 aromatic rings. The third-order valence-corrected chi connectivity index (χ3v) is 11.1. The topological polar surface area (TPSA) is 167 Å². The molecule has 2 aliphatic rings. The van der Waals surface area contributed by atoms with Gasteiger partial charge in [0.05, 0.1) is 31.3 Å². The highest BCUT2D eigenvalue weighted by Crippen LogP contribution is 2.38. The lowest BCUT2D eigenvalue weighted by atomic mass is 10.0. The summed E-state index contributed by atoms with van der Waals surface area (Å²) < 4.78 is 5.79. The van der Waals surface area contributed by atoms with Gasteiger partial charge in [-0.2, -0.15) is 0 Å². The Balaban J connectivity index is 0.000000323. The van der Waals surface area contributed by atoms with Crippen LogP contribution < -0.4 is 16.2 Å². The number of nitrogens with zero attached hydrogens (tertiary/aromatic N) is 2. The Labute approximate surface area is 346 Å². The van der Waals surface area contributed by atoms with E-state index in [9.17, 15) is 19.8 Å². The summed E-state index contributed by atoms with van der Waals surface area (Å²) in [7, 11) is 3.71. The molecule has 314 valence electrons. The number of carboxylic acid groups (broad SMARTS) is 1. The van der Waals surface area contributed by atoms with Crippen molar-refractivity contribution in [2.45, 2.75) is 44.8 Å². The Hall–Kier alpha value is -5.53. The summed E-state index contributed by atoms with van der Waals surface area (Å²) in [4.78, 5) is 39.4. The third-order valence-electron chi connectivity index (χ3n) is 11.1. The second-order valence-corrected chi connectivity index (χ2v) is 15.2. The lowest BCUT2D eigenvalue weighted by Gasteiger charge is -2.19. The lowest BCUT2D eigenvalue weighted by molar-refractivity contribution is -0.131. The average Bonchev–Trinajstić information content (AvgIpc) is 3.86. The van der Waals surface area contributed by atoms with E-state index in [4.69, 9.17) is 14.6 Å². The van der Waals surface area contributed by atoms with Gasteiger partial charge in [-0.15, -0.1) is 0 Å². The number of likely N-dealkylation sites (N-methyl/N-ethyl adjacent to an activating group) is 1. The first kappa shape index (κ1) is 44.6. The first-order valence-electron chi connectivity index (χ1n) is 20.5. The summed E-state index contributed by atoms with van der Waals surface area (Å²) in [5.41, 5.74) is 6.90. The number of nitrogens with one attached hydrogen (secondary N) is 3. The number of likely N-dealkylation sites (tertiary alicyclic amines) is 1. The van der Waals surface area contributed by atoms with Gasteiger partial charge < -0.3 is 40.6 Å². The number of aliphatic hydroxyl groups is 1. The number of ether oxygens (including phenoxy) is 1. The number of phenols is 1. The van der Waals surface area contributed by atoms with E-state index in [0.29, 0.717) is 49.2 Å². The molecule has 6 N–H and O–H groups in total. The number of aromatic hydroxyl groups is 1. The van der Waals surface area contributed by atoms with Gasteiger partial charge in [-0.3, -0.25) is 19.3 Å². The van der Waals surface area contributed by atoms with Gasteiger partial charge >= 0.3 is 0 Å². The van der Waals surface area contributed by atoms with Crippen molar-refractivity contribution in [3.63, 3.8) is 0 Å². The number of carbonyl (C=O) groups is 2. The minimum absolute atomic E-state index is 0.0169. The zero-order chi connectivity index (χ0) is 42.0. The molecule has 0 spiro atoms. The number of carbonyl (C=O) groups excluding carboxylic acids is 1. The molecule has 2 fully saturated rings. The molecule has 1 saturated carbocycles. The van der Waals surface area contributed by atoms with Crippen LogP contribution in [0.1, 0.15) is 48.5 Å². The molecule has 0 bridgehead atoms. The van der Waals surface area contributed by atoms with Crippen LogP contribution >= 0.6 is 0 Å². The number of pyridine rings is 1. The normalized spacial score (nSPS) is 16.3. The number of hydrogen-bond donors (Lipinski definition) is 6. The maximum Gasteiger partial charge on any atom is 0.290 e. The molecule has 3 atom stereocenters. The van der Waals surface area contributed by atoms with Gasteiger partial charge in [0.2, 0.25) is 11.5 Å². The molecule has 3 unspecified atom stereocenters. The van der Waals surface area contributed by atoms with Crippen molar-refractivity contribution >= 4 is 29.0 Å². The van der Waals surface area contributed by atoms with Crippen LogP contribution in [0, 0.1) is 11.8 Å². The van der Waals surface area contributed by atoms with E-state index in [1.807, 2.05) is 19.2 Å². The standard InChI is InChI=1S/C33H44N4O5.C13H13N.CH2O2/c1-36(15-14-34-19-30(39)27-8-10-29(38)33-28(27)9-11-31(40)35-33)32(41)13-17-42-16-12-23-4-2-5-24(18-23)20-37-21-25-6-3-7-26(25)22-37;1-14-13-10-6-5-9-12(13)11-7-3-2-4-8-11;2-1-3/h2,4-5,8-11,18,25-26,30,34,38-39H,3,6-7,12-17,19-22H2,1H3,(H,35,40);2-10,14H,1H3;1H,(H,2,3). The number of phenolic OH excluding ortho intramolecular Hbond substituents is 1. The SMILES string of the molecule is CN(CCNCC(O)c1ccc(O)c2[nH]c(=O)ccc12)C(=O)CCOCCc1cccc(CN2CC3CCCC3C2)c1.CNc1ccccc1-c1ccccc1.O=CO. The highest BCUT2D eigenvalue weighted by atomic mass is 16.5. The second-order valence-electron chi connectivity index (χ2n) is 15.2. The number of rotatable bonds is 16. The fraction of sp³-hybridized carbons (Fsp3) is 0.383. The predicted molar refractivity (Wildman–Crippen MR) is 234 cm³/mol. The number of amides is 1. The van der Waals surface area contributed by atoms with Crippen LogP contribution in [0.2, 0.25) is 0 Å². The van der Waals surface area contributed by atoms with Crippen molar-refractivity contribution in [2.75, 3.05) is 65.3 Å². The summed E-state index contributed by atoms with van der Waals surface area (Å²) in [6, 6.07) is 33.6. The Bertz CT molecular complexity index is 2120. The van der Waals surface area contributed by atoms with Crippen LogP contribution in [0.3, 0.4) is 0 Å². The Kier molecular flexibility index (Phi) is 17.5. The van der Waals surface area contributed by atoms with Crippen LogP contribution in [0.4, 0.5) is 5.69 Å². The number of aromatic amines is 1. The van der Waals surface area contributed by atoms with E-state index in [1.165, 1.54) is 72.4 Å². The van der Waals surface area contributed by atoms with Gasteiger partial charge in [0, 0.05) is 76.1 Å². The highest BCUT2D eigenvalue weighted by molar-refractivity contribution is 5.87. The van der Waals surface area contributed by atoms with Gasteiger partial charge in [0.15, 0.2) is 0 Å².